The van der Waals surface area contributed by atoms with Crippen molar-refractivity contribution in [1.29, 1.82) is 0 Å². The molecule has 1 saturated heterocycles. The third kappa shape index (κ3) is 4.65. The van der Waals surface area contributed by atoms with Crippen LogP contribution in [-0.2, 0) is 11.3 Å². The maximum atomic E-state index is 12.7. The first-order valence-corrected chi connectivity index (χ1v) is 10.4. The number of rotatable bonds is 6. The van der Waals surface area contributed by atoms with Crippen LogP contribution in [0.3, 0.4) is 0 Å². The van der Waals surface area contributed by atoms with E-state index >= 15 is 0 Å². The number of ether oxygens (including phenoxy) is 1. The number of aryl methyl sites for hydroxylation is 1. The van der Waals surface area contributed by atoms with Gasteiger partial charge in [0, 0.05) is 21.8 Å². The molecule has 0 N–H and O–H groups in total. The van der Waals surface area contributed by atoms with E-state index < -0.39 is 6.09 Å². The smallest absolute Gasteiger partial charge is 0.414 e. The van der Waals surface area contributed by atoms with Crippen LogP contribution in [0.1, 0.15) is 27.2 Å². The summed E-state index contributed by atoms with van der Waals surface area (Å²) in [7, 11) is 0. The first kappa shape index (κ1) is 21.2. The molecule has 4 rings (SSSR count). The van der Waals surface area contributed by atoms with Gasteiger partial charge in [0.25, 0.3) is 0 Å². The molecule has 3 aromatic rings. The summed E-state index contributed by atoms with van der Waals surface area (Å²) in [5.41, 5.74) is 3.51. The van der Waals surface area contributed by atoms with Crippen LogP contribution in [-0.4, -0.2) is 34.8 Å². The first-order chi connectivity index (χ1) is 14.9. The van der Waals surface area contributed by atoms with Gasteiger partial charge in [-0.25, -0.2) is 9.48 Å². The second-order valence-corrected chi connectivity index (χ2v) is 7.88. The summed E-state index contributed by atoms with van der Waals surface area (Å²) in [4.78, 5) is 26.0. The number of benzene rings is 2. The predicted octanol–water partition coefficient (Wildman–Crippen LogP) is 5.40. The number of carbonyl (C=O) groups excluding carboxylic acids is 2. The van der Waals surface area contributed by atoms with E-state index in [1.54, 1.807) is 35.0 Å². The number of anilines is 1. The van der Waals surface area contributed by atoms with E-state index in [1.165, 1.54) is 11.0 Å². The van der Waals surface area contributed by atoms with Gasteiger partial charge >= 0.3 is 6.09 Å². The molecule has 0 saturated carbocycles. The maximum absolute atomic E-state index is 12.7. The number of hydrogen-bond acceptors (Lipinski definition) is 4. The van der Waals surface area contributed by atoms with Gasteiger partial charge in [-0.05, 0) is 48.9 Å². The largest absolute Gasteiger partial charge is 0.447 e. The van der Waals surface area contributed by atoms with Crippen molar-refractivity contribution in [3.63, 3.8) is 0 Å². The third-order valence-corrected chi connectivity index (χ3v) is 5.61. The van der Waals surface area contributed by atoms with E-state index in [4.69, 9.17) is 27.9 Å². The van der Waals surface area contributed by atoms with Crippen molar-refractivity contribution in [2.24, 2.45) is 0 Å². The number of ketones is 1. The molecule has 0 spiro atoms. The molecule has 8 heteroatoms. The Labute approximate surface area is 189 Å². The van der Waals surface area contributed by atoms with E-state index in [9.17, 15) is 9.59 Å². The molecule has 1 aromatic heterocycles. The molecule has 2 aromatic carbocycles. The lowest BCUT2D eigenvalue weighted by atomic mass is 10.1. The number of allylic oxidation sites excluding steroid dienone is 1. The van der Waals surface area contributed by atoms with Crippen molar-refractivity contribution in [1.82, 2.24) is 9.78 Å². The molecule has 0 atom stereocenters. The summed E-state index contributed by atoms with van der Waals surface area (Å²) >= 11 is 12.5. The van der Waals surface area contributed by atoms with E-state index in [0.29, 0.717) is 46.7 Å². The average Bonchev–Trinajstić information content (AvgIpc) is 3.31. The van der Waals surface area contributed by atoms with Crippen molar-refractivity contribution in [2.75, 3.05) is 18.1 Å². The van der Waals surface area contributed by atoms with Crippen LogP contribution in [0, 0.1) is 6.92 Å². The van der Waals surface area contributed by atoms with Gasteiger partial charge in [0.05, 0.1) is 18.8 Å². The Balaban J connectivity index is 1.52. The summed E-state index contributed by atoms with van der Waals surface area (Å²) in [6.45, 7) is 3.14. The molecule has 0 unspecified atom stereocenters. The summed E-state index contributed by atoms with van der Waals surface area (Å²) in [5.74, 6) is -0.199. The van der Waals surface area contributed by atoms with E-state index in [1.807, 2.05) is 31.2 Å². The Morgan fingerprint density at radius 1 is 1.19 bits per heavy atom. The van der Waals surface area contributed by atoms with Crippen molar-refractivity contribution in [3.05, 3.63) is 87.2 Å². The normalized spacial score (nSPS) is 13.8. The van der Waals surface area contributed by atoms with E-state index in [0.717, 1.165) is 11.3 Å². The summed E-state index contributed by atoms with van der Waals surface area (Å²) < 4.78 is 6.64. The van der Waals surface area contributed by atoms with Gasteiger partial charge in [0.1, 0.15) is 11.8 Å². The number of nitrogens with zero attached hydrogens (tertiary/aromatic N) is 3. The monoisotopic (exact) mass is 455 g/mol. The van der Waals surface area contributed by atoms with Crippen molar-refractivity contribution in [3.8, 4) is 0 Å². The Morgan fingerprint density at radius 2 is 1.97 bits per heavy atom. The number of aromatic nitrogens is 2. The van der Waals surface area contributed by atoms with Crippen molar-refractivity contribution < 1.29 is 14.3 Å². The Bertz CT molecular complexity index is 1170. The number of hydrogen-bond donors (Lipinski definition) is 0. The molecule has 0 aliphatic carbocycles. The zero-order valence-electron chi connectivity index (χ0n) is 16.7. The lowest BCUT2D eigenvalue weighted by Gasteiger charge is -2.13. The second kappa shape index (κ2) is 8.96. The molecule has 1 aliphatic heterocycles. The van der Waals surface area contributed by atoms with Gasteiger partial charge < -0.3 is 4.74 Å². The molecule has 1 amide bonds. The quantitative estimate of drug-likeness (QED) is 0.368. The molecule has 1 fully saturated rings. The van der Waals surface area contributed by atoms with Crippen LogP contribution in [0.5, 0.6) is 0 Å². The molecule has 2 heterocycles. The van der Waals surface area contributed by atoms with Gasteiger partial charge in [-0.1, -0.05) is 47.5 Å². The summed E-state index contributed by atoms with van der Waals surface area (Å²) in [6, 6.07) is 14.4. The fraction of sp³-hybridized carbons (Fsp3) is 0.174. The molecular formula is C23H19Cl2N3O3. The van der Waals surface area contributed by atoms with Crippen LogP contribution in [0.15, 0.2) is 54.6 Å². The SMILES string of the molecule is Cc1nn(Cc2ccc(Cl)cc2)c(Cl)c1C=CC(=O)c1cccc(N2CCOC2=O)c1. The molecule has 158 valence electrons. The Morgan fingerprint density at radius 3 is 2.68 bits per heavy atom. The van der Waals surface area contributed by atoms with Gasteiger partial charge in [0.15, 0.2) is 5.78 Å². The fourth-order valence-corrected chi connectivity index (χ4v) is 3.76. The standard InChI is InChI=1S/C23H19Cl2N3O3/c1-15-20(22(25)28(26-15)14-16-5-7-18(24)8-6-16)9-10-21(29)17-3-2-4-19(13-17)27-11-12-31-23(27)30/h2-10,13H,11-12,14H2,1H3. The zero-order chi connectivity index (χ0) is 22.0. The van der Waals surface area contributed by atoms with Gasteiger partial charge in [0.2, 0.25) is 0 Å². The van der Waals surface area contributed by atoms with Gasteiger partial charge in [-0.15, -0.1) is 0 Å². The van der Waals surface area contributed by atoms with Crippen molar-refractivity contribution >= 4 is 46.8 Å². The minimum Gasteiger partial charge on any atom is -0.447 e. The molecular weight excluding hydrogens is 437 g/mol. The van der Waals surface area contributed by atoms with Crippen LogP contribution in [0.25, 0.3) is 6.08 Å². The minimum atomic E-state index is -0.407. The fourth-order valence-electron chi connectivity index (χ4n) is 3.33. The highest BCUT2D eigenvalue weighted by Crippen LogP contribution is 2.24. The molecule has 0 radical (unpaired) electrons. The highest BCUT2D eigenvalue weighted by atomic mass is 35.5. The van der Waals surface area contributed by atoms with E-state index in [-0.39, 0.29) is 5.78 Å². The van der Waals surface area contributed by atoms with Crippen molar-refractivity contribution in [2.45, 2.75) is 13.5 Å². The van der Waals surface area contributed by atoms with Crippen LogP contribution >= 0.6 is 23.2 Å². The third-order valence-electron chi connectivity index (χ3n) is 4.96. The predicted molar refractivity (Wildman–Crippen MR) is 121 cm³/mol. The lowest BCUT2D eigenvalue weighted by molar-refractivity contribution is 0.104. The van der Waals surface area contributed by atoms with Gasteiger partial charge in [-0.2, -0.15) is 5.10 Å². The van der Waals surface area contributed by atoms with Crippen LogP contribution in [0.2, 0.25) is 10.2 Å². The molecule has 31 heavy (non-hydrogen) atoms. The Hall–Kier alpha value is -3.09. The zero-order valence-corrected chi connectivity index (χ0v) is 18.2. The number of carbonyl (C=O) groups is 2. The second-order valence-electron chi connectivity index (χ2n) is 7.09. The number of cyclic esters (lactones) is 1. The van der Waals surface area contributed by atoms with Crippen LogP contribution in [0.4, 0.5) is 10.5 Å². The van der Waals surface area contributed by atoms with Gasteiger partial charge in [-0.3, -0.25) is 9.69 Å². The lowest BCUT2D eigenvalue weighted by Crippen LogP contribution is -2.23. The summed E-state index contributed by atoms with van der Waals surface area (Å²) in [6.07, 6.45) is 2.72. The summed E-state index contributed by atoms with van der Waals surface area (Å²) in [5, 5.41) is 5.60. The first-order valence-electron chi connectivity index (χ1n) is 9.66. The highest BCUT2D eigenvalue weighted by molar-refractivity contribution is 6.31. The minimum absolute atomic E-state index is 0.199. The average molecular weight is 456 g/mol. The Kier molecular flexibility index (Phi) is 6.11. The van der Waals surface area contributed by atoms with E-state index in [2.05, 4.69) is 5.10 Å². The topological polar surface area (TPSA) is 64.4 Å². The molecule has 0 bridgehead atoms. The highest BCUT2D eigenvalue weighted by Gasteiger charge is 2.24. The molecule has 6 nitrogen and oxygen atoms in total. The number of amides is 1. The molecule has 1 aliphatic rings. The van der Waals surface area contributed by atoms with Crippen LogP contribution < -0.4 is 4.90 Å². The number of halogens is 2. The maximum Gasteiger partial charge on any atom is 0.414 e.